The summed E-state index contributed by atoms with van der Waals surface area (Å²) >= 11 is 0. The topological polar surface area (TPSA) is 99.0 Å². The Morgan fingerprint density at radius 1 is 1.16 bits per heavy atom. The van der Waals surface area contributed by atoms with E-state index in [1.165, 1.54) is 41.3 Å². The number of ether oxygens (including phenoxy) is 2. The first-order valence-electron chi connectivity index (χ1n) is 9.19. The normalized spacial score (nSPS) is 22.6. The Kier molecular flexibility index (Phi) is 5.13. The number of benzene rings is 2. The summed E-state index contributed by atoms with van der Waals surface area (Å²) in [7, 11) is 0. The van der Waals surface area contributed by atoms with Crippen molar-refractivity contribution in [3.63, 3.8) is 0 Å². The fourth-order valence-corrected chi connectivity index (χ4v) is 3.55. The second-order valence-corrected chi connectivity index (χ2v) is 7.11. The zero-order valence-electron chi connectivity index (χ0n) is 15.7. The number of hydrogen-bond donors (Lipinski definition) is 0. The van der Waals surface area contributed by atoms with Crippen molar-refractivity contribution in [1.82, 2.24) is 4.90 Å². The summed E-state index contributed by atoms with van der Waals surface area (Å²) in [6, 6.07) is 8.44. The SMILES string of the molecule is O=C(OCc1ccc([N+](=O)[O-])cc1)[C@H]1[C@H](c2ccc(C(F)(F)F)cc2)O[C@@H]2CC(=O)N21. The molecule has 2 heterocycles. The van der Waals surface area contributed by atoms with Crippen LogP contribution in [0.25, 0.3) is 0 Å². The van der Waals surface area contributed by atoms with Crippen LogP contribution in [0.4, 0.5) is 18.9 Å². The van der Waals surface area contributed by atoms with Crippen LogP contribution < -0.4 is 0 Å². The number of alkyl halides is 3. The number of carbonyl (C=O) groups is 2. The van der Waals surface area contributed by atoms with Gasteiger partial charge in [0.05, 0.1) is 16.9 Å². The van der Waals surface area contributed by atoms with E-state index in [0.29, 0.717) is 11.1 Å². The minimum Gasteiger partial charge on any atom is -0.459 e. The van der Waals surface area contributed by atoms with Crippen molar-refractivity contribution in [2.45, 2.75) is 37.6 Å². The third kappa shape index (κ3) is 3.96. The predicted molar refractivity (Wildman–Crippen MR) is 97.2 cm³/mol. The van der Waals surface area contributed by atoms with Crippen LogP contribution in [-0.4, -0.2) is 34.0 Å². The van der Waals surface area contributed by atoms with Crippen LogP contribution in [0.5, 0.6) is 0 Å². The molecular weight excluding hydrogens is 421 g/mol. The quantitative estimate of drug-likeness (QED) is 0.309. The number of carbonyl (C=O) groups excluding carboxylic acids is 2. The number of nitrogens with zero attached hydrogens (tertiary/aromatic N) is 2. The second-order valence-electron chi connectivity index (χ2n) is 7.11. The molecule has 2 aliphatic heterocycles. The largest absolute Gasteiger partial charge is 0.459 e. The van der Waals surface area contributed by atoms with Gasteiger partial charge in [-0.25, -0.2) is 4.79 Å². The zero-order chi connectivity index (χ0) is 22.3. The zero-order valence-corrected chi connectivity index (χ0v) is 15.7. The van der Waals surface area contributed by atoms with Crippen molar-refractivity contribution in [2.24, 2.45) is 0 Å². The standard InChI is InChI=1S/C20H15F3N2O6/c21-20(22,23)13-5-3-12(4-6-13)18-17(24-15(26)9-16(24)31-18)19(27)30-10-11-1-7-14(8-2-11)25(28)29/h1-8,16-18H,9-10H2/t16-,17-,18+/m1/s1. The van der Waals surface area contributed by atoms with E-state index in [4.69, 9.17) is 9.47 Å². The minimum absolute atomic E-state index is 0.0727. The van der Waals surface area contributed by atoms with E-state index in [0.717, 1.165) is 12.1 Å². The van der Waals surface area contributed by atoms with Gasteiger partial charge in [-0.05, 0) is 35.4 Å². The van der Waals surface area contributed by atoms with Crippen LogP contribution in [0, 0.1) is 10.1 Å². The molecule has 2 aromatic carbocycles. The van der Waals surface area contributed by atoms with E-state index in [1.54, 1.807) is 0 Å². The fraction of sp³-hybridized carbons (Fsp3) is 0.300. The number of non-ortho nitro benzene ring substituents is 1. The predicted octanol–water partition coefficient (Wildman–Crippen LogP) is 3.36. The third-order valence-corrected chi connectivity index (χ3v) is 5.17. The molecule has 1 amide bonds. The van der Waals surface area contributed by atoms with Crippen molar-refractivity contribution in [3.8, 4) is 0 Å². The summed E-state index contributed by atoms with van der Waals surface area (Å²) < 4.78 is 49.5. The molecule has 2 aromatic rings. The lowest BCUT2D eigenvalue weighted by Gasteiger charge is -2.35. The van der Waals surface area contributed by atoms with Crippen LogP contribution in [0.2, 0.25) is 0 Å². The molecule has 162 valence electrons. The van der Waals surface area contributed by atoms with Gasteiger partial charge >= 0.3 is 12.1 Å². The van der Waals surface area contributed by atoms with Crippen molar-refractivity contribution < 1.29 is 37.2 Å². The molecule has 2 fully saturated rings. The minimum atomic E-state index is -4.50. The highest BCUT2D eigenvalue weighted by molar-refractivity contribution is 5.90. The molecule has 31 heavy (non-hydrogen) atoms. The summed E-state index contributed by atoms with van der Waals surface area (Å²) in [6.45, 7) is -0.195. The van der Waals surface area contributed by atoms with E-state index in [-0.39, 0.29) is 24.6 Å². The Morgan fingerprint density at radius 3 is 2.35 bits per heavy atom. The first kappa shape index (κ1) is 20.8. The number of amides is 1. The molecule has 2 aliphatic rings. The van der Waals surface area contributed by atoms with E-state index in [1.807, 2.05) is 0 Å². The van der Waals surface area contributed by atoms with Crippen LogP contribution in [0.15, 0.2) is 48.5 Å². The van der Waals surface area contributed by atoms with Gasteiger partial charge in [0, 0.05) is 12.1 Å². The van der Waals surface area contributed by atoms with E-state index >= 15 is 0 Å². The Morgan fingerprint density at radius 2 is 1.81 bits per heavy atom. The maximum absolute atomic E-state index is 12.8. The number of hydrogen-bond acceptors (Lipinski definition) is 6. The summed E-state index contributed by atoms with van der Waals surface area (Å²) in [5.74, 6) is -1.10. The van der Waals surface area contributed by atoms with Gasteiger partial charge in [-0.1, -0.05) is 12.1 Å². The van der Waals surface area contributed by atoms with Crippen LogP contribution in [-0.2, 0) is 31.8 Å². The van der Waals surface area contributed by atoms with Gasteiger partial charge < -0.3 is 9.47 Å². The highest BCUT2D eigenvalue weighted by Crippen LogP contribution is 2.43. The third-order valence-electron chi connectivity index (χ3n) is 5.17. The van der Waals surface area contributed by atoms with Crippen molar-refractivity contribution >= 4 is 17.6 Å². The number of halogens is 3. The van der Waals surface area contributed by atoms with Gasteiger partial charge in [0.15, 0.2) is 6.04 Å². The maximum atomic E-state index is 12.8. The summed E-state index contributed by atoms with van der Waals surface area (Å²) in [5, 5.41) is 10.7. The molecule has 0 aliphatic carbocycles. The smallest absolute Gasteiger partial charge is 0.416 e. The lowest BCUT2D eigenvalue weighted by atomic mass is 9.99. The fourth-order valence-electron chi connectivity index (χ4n) is 3.55. The van der Waals surface area contributed by atoms with Crippen LogP contribution >= 0.6 is 0 Å². The van der Waals surface area contributed by atoms with Crippen molar-refractivity contribution in [2.75, 3.05) is 0 Å². The van der Waals surface area contributed by atoms with Crippen molar-refractivity contribution in [3.05, 3.63) is 75.3 Å². The lowest BCUT2D eigenvalue weighted by molar-refractivity contribution is -0.384. The van der Waals surface area contributed by atoms with E-state index < -0.39 is 41.0 Å². The first-order chi connectivity index (χ1) is 14.6. The Hall–Kier alpha value is -3.47. The molecule has 0 aromatic heterocycles. The highest BCUT2D eigenvalue weighted by atomic mass is 19.4. The number of nitro groups is 1. The second kappa shape index (κ2) is 7.65. The Labute approximate surface area is 173 Å². The van der Waals surface area contributed by atoms with Gasteiger partial charge in [-0.15, -0.1) is 0 Å². The molecule has 8 nitrogen and oxygen atoms in total. The molecule has 0 radical (unpaired) electrons. The summed E-state index contributed by atoms with van der Waals surface area (Å²) in [6.07, 6.45) is -6.04. The molecule has 4 rings (SSSR count). The van der Waals surface area contributed by atoms with Crippen molar-refractivity contribution in [1.29, 1.82) is 0 Å². The molecule has 0 spiro atoms. The van der Waals surface area contributed by atoms with Gasteiger partial charge in [0.2, 0.25) is 5.91 Å². The van der Waals surface area contributed by atoms with E-state index in [2.05, 4.69) is 0 Å². The number of rotatable bonds is 5. The highest BCUT2D eigenvalue weighted by Gasteiger charge is 2.56. The number of esters is 1. The van der Waals surface area contributed by atoms with Gasteiger partial charge in [-0.2, -0.15) is 13.2 Å². The average Bonchev–Trinajstić information content (AvgIpc) is 3.04. The Balaban J connectivity index is 1.50. The monoisotopic (exact) mass is 436 g/mol. The molecule has 2 saturated heterocycles. The number of nitro benzene ring substituents is 1. The molecule has 3 atom stereocenters. The van der Waals surface area contributed by atoms with Gasteiger partial charge in [-0.3, -0.25) is 19.8 Å². The van der Waals surface area contributed by atoms with Gasteiger partial charge in [0.1, 0.15) is 18.9 Å². The van der Waals surface area contributed by atoms with E-state index in [9.17, 15) is 32.9 Å². The molecule has 11 heteroatoms. The number of fused-ring (bicyclic) bond motifs is 1. The molecular formula is C20H15F3N2O6. The average molecular weight is 436 g/mol. The molecule has 0 N–H and O–H groups in total. The van der Waals surface area contributed by atoms with Crippen LogP contribution in [0.1, 0.15) is 29.2 Å². The molecule has 0 saturated carbocycles. The first-order valence-corrected chi connectivity index (χ1v) is 9.19. The maximum Gasteiger partial charge on any atom is 0.416 e. The van der Waals surface area contributed by atoms with Crippen LogP contribution in [0.3, 0.4) is 0 Å². The lowest BCUT2D eigenvalue weighted by Crippen LogP contribution is -2.55. The number of β-lactam (4-membered cyclic amide) rings is 1. The Bertz CT molecular complexity index is 1020. The molecule has 0 unspecified atom stereocenters. The summed E-state index contributed by atoms with van der Waals surface area (Å²) in [4.78, 5) is 36.1. The van der Waals surface area contributed by atoms with Gasteiger partial charge in [0.25, 0.3) is 5.69 Å². The summed E-state index contributed by atoms with van der Waals surface area (Å²) in [5.41, 5.74) is -0.149. The molecule has 0 bridgehead atoms.